The number of rotatable bonds is 7. The Balaban J connectivity index is 1.39. The second-order valence-electron chi connectivity index (χ2n) is 7.08. The third-order valence-corrected chi connectivity index (χ3v) is 4.94. The van der Waals surface area contributed by atoms with Crippen molar-refractivity contribution < 1.29 is 4.79 Å². The lowest BCUT2D eigenvalue weighted by atomic mass is 10.0. The van der Waals surface area contributed by atoms with E-state index in [4.69, 9.17) is 0 Å². The number of nitrogens with one attached hydrogen (secondary N) is 1. The van der Waals surface area contributed by atoms with E-state index in [9.17, 15) is 4.79 Å². The molecular weight excluding hydrogens is 326 g/mol. The van der Waals surface area contributed by atoms with Crippen molar-refractivity contribution in [3.8, 4) is 0 Å². The third-order valence-electron chi connectivity index (χ3n) is 4.94. The van der Waals surface area contributed by atoms with Gasteiger partial charge in [0.1, 0.15) is 0 Å². The highest BCUT2D eigenvalue weighted by atomic mass is 16.2. The molecule has 0 bridgehead atoms. The topological polar surface area (TPSA) is 53.4 Å². The highest BCUT2D eigenvalue weighted by Gasteiger charge is 2.19. The number of aromatic nitrogens is 2. The van der Waals surface area contributed by atoms with Crippen molar-refractivity contribution in [3.63, 3.8) is 0 Å². The Hall–Kier alpha value is -2.34. The van der Waals surface area contributed by atoms with Crippen LogP contribution in [0.4, 0.5) is 5.69 Å². The predicted molar refractivity (Wildman–Crippen MR) is 105 cm³/mol. The highest BCUT2D eigenvalue weighted by molar-refractivity contribution is 5.94. The van der Waals surface area contributed by atoms with Crippen molar-refractivity contribution in [2.45, 2.75) is 31.8 Å². The van der Waals surface area contributed by atoms with Gasteiger partial charge in [-0.25, -0.2) is 0 Å². The van der Waals surface area contributed by atoms with Crippen LogP contribution in [0, 0.1) is 0 Å². The van der Waals surface area contributed by atoms with Crippen LogP contribution in [0.5, 0.6) is 0 Å². The van der Waals surface area contributed by atoms with Crippen molar-refractivity contribution >= 4 is 11.6 Å². The largest absolute Gasteiger partial charge is 0.371 e. The number of benzene rings is 1. The second kappa shape index (κ2) is 8.85. The third kappa shape index (κ3) is 4.85. The zero-order valence-electron chi connectivity index (χ0n) is 15.8. The molecule has 1 amide bonds. The molecule has 3 rings (SSSR count). The van der Waals surface area contributed by atoms with Crippen molar-refractivity contribution in [3.05, 3.63) is 48.3 Å². The highest BCUT2D eigenvalue weighted by Crippen LogP contribution is 2.21. The number of anilines is 1. The average molecular weight is 355 g/mol. The Morgan fingerprint density at radius 2 is 1.96 bits per heavy atom. The average Bonchev–Trinajstić information content (AvgIpc) is 3.19. The minimum absolute atomic E-state index is 0.0505. The summed E-state index contributed by atoms with van der Waals surface area (Å²) in [5.74, 6) is 0.0505. The second-order valence-corrected chi connectivity index (χ2v) is 7.08. The quantitative estimate of drug-likeness (QED) is 0.774. The Bertz CT molecular complexity index is 673. The number of hydrogen-bond donors (Lipinski definition) is 1. The molecule has 0 aliphatic carbocycles. The lowest BCUT2D eigenvalue weighted by molar-refractivity contribution is 0.0827. The van der Waals surface area contributed by atoms with Crippen molar-refractivity contribution in [1.29, 1.82) is 0 Å². The van der Waals surface area contributed by atoms with Gasteiger partial charge in [0, 0.05) is 63.4 Å². The molecule has 0 atom stereocenters. The molecular formula is C20H29N5O. The van der Waals surface area contributed by atoms with Crippen molar-refractivity contribution in [2.75, 3.05) is 38.6 Å². The van der Waals surface area contributed by atoms with Crippen molar-refractivity contribution in [1.82, 2.24) is 20.0 Å². The van der Waals surface area contributed by atoms with Crippen LogP contribution in [0.15, 0.2) is 42.7 Å². The summed E-state index contributed by atoms with van der Waals surface area (Å²) in [6.07, 6.45) is 7.24. The zero-order chi connectivity index (χ0) is 18.4. The molecule has 1 N–H and O–H groups in total. The molecule has 1 fully saturated rings. The molecule has 1 aromatic carbocycles. The summed E-state index contributed by atoms with van der Waals surface area (Å²) in [5.41, 5.74) is 1.95. The first-order valence-electron chi connectivity index (χ1n) is 9.41. The fourth-order valence-corrected chi connectivity index (χ4v) is 3.39. The van der Waals surface area contributed by atoms with E-state index in [1.807, 2.05) is 35.3 Å². The first kappa shape index (κ1) is 18.5. The smallest absolute Gasteiger partial charge is 0.253 e. The maximum absolute atomic E-state index is 12.0. The van der Waals surface area contributed by atoms with Crippen LogP contribution in [0.3, 0.4) is 0 Å². The van der Waals surface area contributed by atoms with Gasteiger partial charge >= 0.3 is 0 Å². The molecule has 0 radical (unpaired) electrons. The molecule has 26 heavy (non-hydrogen) atoms. The minimum Gasteiger partial charge on any atom is -0.371 e. The van der Waals surface area contributed by atoms with Gasteiger partial charge in [0.2, 0.25) is 0 Å². The van der Waals surface area contributed by atoms with Gasteiger partial charge < -0.3 is 15.1 Å². The van der Waals surface area contributed by atoms with E-state index in [0.717, 1.165) is 51.0 Å². The molecule has 140 valence electrons. The molecule has 1 aliphatic rings. The standard InChI is InChI=1S/C20H29N5O/c1-23(2)20(26)17-5-7-19(8-6-17)24-15-9-18(10-16-24)21-11-3-13-25-14-4-12-22-25/h4-8,12,14,18,21H,3,9-11,13,15-16H2,1-2H3. The lowest BCUT2D eigenvalue weighted by Gasteiger charge is -2.34. The summed E-state index contributed by atoms with van der Waals surface area (Å²) in [5, 5.41) is 7.90. The van der Waals surface area contributed by atoms with E-state index in [1.54, 1.807) is 19.0 Å². The van der Waals surface area contributed by atoms with Crippen LogP contribution in [-0.2, 0) is 6.54 Å². The Morgan fingerprint density at radius 1 is 1.23 bits per heavy atom. The number of hydrogen-bond acceptors (Lipinski definition) is 4. The summed E-state index contributed by atoms with van der Waals surface area (Å²) in [7, 11) is 3.56. The maximum atomic E-state index is 12.0. The van der Waals surface area contributed by atoms with Crippen LogP contribution in [-0.4, -0.2) is 60.4 Å². The molecule has 0 saturated carbocycles. The molecule has 6 heteroatoms. The number of amides is 1. The van der Waals surface area contributed by atoms with Crippen LogP contribution in [0.1, 0.15) is 29.6 Å². The fraction of sp³-hybridized carbons (Fsp3) is 0.500. The van der Waals surface area contributed by atoms with Gasteiger partial charge in [-0.3, -0.25) is 9.48 Å². The van der Waals surface area contributed by atoms with Crippen LogP contribution in [0.25, 0.3) is 0 Å². The number of aryl methyl sites for hydroxylation is 1. The monoisotopic (exact) mass is 355 g/mol. The molecule has 0 unspecified atom stereocenters. The van der Waals surface area contributed by atoms with Crippen LogP contribution in [0.2, 0.25) is 0 Å². The van der Waals surface area contributed by atoms with E-state index in [1.165, 1.54) is 5.69 Å². The van der Waals surface area contributed by atoms with Gasteiger partial charge in [-0.05, 0) is 56.1 Å². The number of carbonyl (C=O) groups is 1. The molecule has 1 aliphatic heterocycles. The SMILES string of the molecule is CN(C)C(=O)c1ccc(N2CCC(NCCCn3cccn3)CC2)cc1. The summed E-state index contributed by atoms with van der Waals surface area (Å²) in [4.78, 5) is 16.0. The number of carbonyl (C=O) groups excluding carboxylic acids is 1. The van der Waals surface area contributed by atoms with Crippen LogP contribution < -0.4 is 10.2 Å². The normalized spacial score (nSPS) is 15.2. The zero-order valence-corrected chi connectivity index (χ0v) is 15.8. The summed E-state index contributed by atoms with van der Waals surface area (Å²) >= 11 is 0. The van der Waals surface area contributed by atoms with E-state index >= 15 is 0 Å². The lowest BCUT2D eigenvalue weighted by Crippen LogP contribution is -2.43. The first-order valence-corrected chi connectivity index (χ1v) is 9.41. The number of piperidine rings is 1. The summed E-state index contributed by atoms with van der Waals surface area (Å²) < 4.78 is 1.98. The van der Waals surface area contributed by atoms with Gasteiger partial charge in [-0.15, -0.1) is 0 Å². The molecule has 1 saturated heterocycles. The predicted octanol–water partition coefficient (Wildman–Crippen LogP) is 2.23. The Kier molecular flexibility index (Phi) is 6.28. The van der Waals surface area contributed by atoms with E-state index in [-0.39, 0.29) is 5.91 Å². The van der Waals surface area contributed by atoms with Gasteiger partial charge in [0.15, 0.2) is 0 Å². The molecule has 6 nitrogen and oxygen atoms in total. The maximum Gasteiger partial charge on any atom is 0.253 e. The summed E-state index contributed by atoms with van der Waals surface area (Å²) in [6, 6.07) is 10.5. The van der Waals surface area contributed by atoms with Crippen LogP contribution >= 0.6 is 0 Å². The first-order chi connectivity index (χ1) is 12.6. The fourth-order valence-electron chi connectivity index (χ4n) is 3.39. The van der Waals surface area contributed by atoms with E-state index in [0.29, 0.717) is 6.04 Å². The molecule has 2 heterocycles. The van der Waals surface area contributed by atoms with Gasteiger partial charge in [0.25, 0.3) is 5.91 Å². The Morgan fingerprint density at radius 3 is 2.58 bits per heavy atom. The van der Waals surface area contributed by atoms with Gasteiger partial charge in [-0.2, -0.15) is 5.10 Å². The minimum atomic E-state index is 0.0505. The molecule has 1 aromatic heterocycles. The number of nitrogens with zero attached hydrogens (tertiary/aromatic N) is 4. The summed E-state index contributed by atoms with van der Waals surface area (Å²) in [6.45, 7) is 4.11. The van der Waals surface area contributed by atoms with E-state index < -0.39 is 0 Å². The van der Waals surface area contributed by atoms with Gasteiger partial charge in [-0.1, -0.05) is 0 Å². The van der Waals surface area contributed by atoms with Crippen molar-refractivity contribution in [2.24, 2.45) is 0 Å². The van der Waals surface area contributed by atoms with E-state index in [2.05, 4.69) is 27.4 Å². The Labute approximate surface area is 155 Å². The molecule has 0 spiro atoms. The molecule has 2 aromatic rings. The van der Waals surface area contributed by atoms with Gasteiger partial charge in [0.05, 0.1) is 0 Å².